The van der Waals surface area contributed by atoms with E-state index >= 15 is 0 Å². The molecule has 0 atom stereocenters. The molecular weight excluding hydrogens is 306 g/mol. The summed E-state index contributed by atoms with van der Waals surface area (Å²) in [5.41, 5.74) is 1.52. The third-order valence-electron chi connectivity index (χ3n) is 3.24. The van der Waals surface area contributed by atoms with Crippen LogP contribution in [-0.2, 0) is 6.42 Å². The number of thiophene rings is 1. The van der Waals surface area contributed by atoms with Gasteiger partial charge in [-0.05, 0) is 62.4 Å². The molecule has 0 saturated heterocycles. The van der Waals surface area contributed by atoms with E-state index in [4.69, 9.17) is 0 Å². The molecule has 2 aromatic rings. The van der Waals surface area contributed by atoms with Gasteiger partial charge in [0.05, 0.1) is 0 Å². The van der Waals surface area contributed by atoms with Gasteiger partial charge in [-0.25, -0.2) is 0 Å². The third kappa shape index (κ3) is 5.55. The molecule has 1 aromatic heterocycles. The van der Waals surface area contributed by atoms with Crippen LogP contribution in [0, 0.1) is 18.8 Å². The van der Waals surface area contributed by atoms with E-state index in [1.54, 1.807) is 43.4 Å². The molecule has 4 heteroatoms. The topological polar surface area (TPSA) is 49.3 Å². The third-order valence-corrected chi connectivity index (χ3v) is 4.33. The molecule has 1 heterocycles. The van der Waals surface area contributed by atoms with Crippen LogP contribution in [0.4, 0.5) is 0 Å². The number of carbonyl (C=O) groups excluding carboxylic acids is 1. The van der Waals surface area contributed by atoms with Gasteiger partial charge in [0, 0.05) is 22.5 Å². The van der Waals surface area contributed by atoms with E-state index in [1.807, 2.05) is 6.07 Å². The highest BCUT2D eigenvalue weighted by molar-refractivity contribution is 7.10. The first-order chi connectivity index (χ1) is 10.8. The second-order valence-corrected chi connectivity index (χ2v) is 6.92. The zero-order chi connectivity index (χ0) is 16.9. The molecule has 0 spiro atoms. The lowest BCUT2D eigenvalue weighted by atomic mass is 10.1. The van der Waals surface area contributed by atoms with E-state index in [9.17, 15) is 9.90 Å². The van der Waals surface area contributed by atoms with Crippen molar-refractivity contribution in [2.45, 2.75) is 32.8 Å². The lowest BCUT2D eigenvalue weighted by molar-refractivity contribution is 0.0954. The first kappa shape index (κ1) is 17.3. The average molecular weight is 327 g/mol. The van der Waals surface area contributed by atoms with E-state index in [0.717, 1.165) is 6.42 Å². The molecule has 0 radical (unpaired) electrons. The SMILES string of the molecule is Cc1ccsc1CCNC(=O)c1cccc(C#CC(C)(C)O)c1. The summed E-state index contributed by atoms with van der Waals surface area (Å²) in [5, 5.41) is 14.6. The van der Waals surface area contributed by atoms with Crippen molar-refractivity contribution >= 4 is 17.2 Å². The summed E-state index contributed by atoms with van der Waals surface area (Å²) < 4.78 is 0. The normalized spacial score (nSPS) is 10.8. The van der Waals surface area contributed by atoms with E-state index in [-0.39, 0.29) is 5.91 Å². The van der Waals surface area contributed by atoms with Crippen molar-refractivity contribution in [2.75, 3.05) is 6.54 Å². The number of amides is 1. The smallest absolute Gasteiger partial charge is 0.251 e. The van der Waals surface area contributed by atoms with Gasteiger partial charge in [-0.15, -0.1) is 11.3 Å². The molecule has 2 rings (SSSR count). The Balaban J connectivity index is 1.96. The highest BCUT2D eigenvalue weighted by Gasteiger charge is 2.08. The van der Waals surface area contributed by atoms with Crippen LogP contribution in [0.25, 0.3) is 0 Å². The van der Waals surface area contributed by atoms with Crippen molar-refractivity contribution < 1.29 is 9.90 Å². The van der Waals surface area contributed by atoms with Gasteiger partial charge in [0.2, 0.25) is 0 Å². The van der Waals surface area contributed by atoms with E-state index in [0.29, 0.717) is 17.7 Å². The molecule has 0 aliphatic carbocycles. The molecule has 2 N–H and O–H groups in total. The molecule has 1 amide bonds. The highest BCUT2D eigenvalue weighted by atomic mass is 32.1. The molecule has 1 aromatic carbocycles. The van der Waals surface area contributed by atoms with Crippen LogP contribution in [0.3, 0.4) is 0 Å². The Morgan fingerprint density at radius 1 is 1.35 bits per heavy atom. The van der Waals surface area contributed by atoms with Crippen LogP contribution in [0.5, 0.6) is 0 Å². The van der Waals surface area contributed by atoms with Crippen LogP contribution in [0.2, 0.25) is 0 Å². The number of rotatable bonds is 4. The second-order valence-electron chi connectivity index (χ2n) is 5.92. The largest absolute Gasteiger partial charge is 0.378 e. The molecule has 3 nitrogen and oxygen atoms in total. The molecule has 23 heavy (non-hydrogen) atoms. The van der Waals surface area contributed by atoms with Gasteiger partial charge in [-0.2, -0.15) is 0 Å². The van der Waals surface area contributed by atoms with Crippen LogP contribution in [0.1, 0.15) is 40.2 Å². The number of carbonyl (C=O) groups is 1. The molecule has 0 fully saturated rings. The zero-order valence-corrected chi connectivity index (χ0v) is 14.5. The fourth-order valence-corrected chi connectivity index (χ4v) is 2.93. The van der Waals surface area contributed by atoms with Crippen LogP contribution in [-0.4, -0.2) is 23.2 Å². The molecule has 0 saturated carbocycles. The zero-order valence-electron chi connectivity index (χ0n) is 13.6. The molecule has 0 unspecified atom stereocenters. The Kier molecular flexibility index (Phi) is 5.59. The maximum Gasteiger partial charge on any atom is 0.251 e. The van der Waals surface area contributed by atoms with Crippen LogP contribution < -0.4 is 5.32 Å². The Labute approximate surface area is 141 Å². The summed E-state index contributed by atoms with van der Waals surface area (Å²) >= 11 is 1.72. The molecule has 0 aliphatic rings. The highest BCUT2D eigenvalue weighted by Crippen LogP contribution is 2.15. The molecule has 120 valence electrons. The Hall–Kier alpha value is -2.09. The van der Waals surface area contributed by atoms with Crippen molar-refractivity contribution in [1.82, 2.24) is 5.32 Å². The van der Waals surface area contributed by atoms with Gasteiger partial charge in [0.1, 0.15) is 5.60 Å². The van der Waals surface area contributed by atoms with Crippen LogP contribution in [0.15, 0.2) is 35.7 Å². The summed E-state index contributed by atoms with van der Waals surface area (Å²) in [7, 11) is 0. The fraction of sp³-hybridized carbons (Fsp3) is 0.316. The van der Waals surface area contributed by atoms with Crippen molar-refractivity contribution in [3.63, 3.8) is 0 Å². The van der Waals surface area contributed by atoms with Crippen molar-refractivity contribution in [3.05, 3.63) is 57.3 Å². The molecular formula is C19H21NO2S. The minimum absolute atomic E-state index is 0.105. The van der Waals surface area contributed by atoms with E-state index in [1.165, 1.54) is 10.4 Å². The summed E-state index contributed by atoms with van der Waals surface area (Å²) in [5.74, 6) is 5.53. The number of hydrogen-bond donors (Lipinski definition) is 2. The van der Waals surface area contributed by atoms with E-state index < -0.39 is 5.60 Å². The van der Waals surface area contributed by atoms with Gasteiger partial charge in [-0.1, -0.05) is 17.9 Å². The van der Waals surface area contributed by atoms with Gasteiger partial charge in [0.15, 0.2) is 0 Å². The number of aryl methyl sites for hydroxylation is 1. The maximum absolute atomic E-state index is 12.2. The Morgan fingerprint density at radius 2 is 2.13 bits per heavy atom. The summed E-state index contributed by atoms with van der Waals surface area (Å²) in [4.78, 5) is 13.5. The minimum atomic E-state index is -1.04. The van der Waals surface area contributed by atoms with Gasteiger partial charge in [-0.3, -0.25) is 4.79 Å². The minimum Gasteiger partial charge on any atom is -0.378 e. The van der Waals surface area contributed by atoms with Gasteiger partial charge in [0.25, 0.3) is 5.91 Å². The number of hydrogen-bond acceptors (Lipinski definition) is 3. The Morgan fingerprint density at radius 3 is 2.78 bits per heavy atom. The standard InChI is InChI=1S/C19H21NO2S/c1-14-9-12-23-17(14)8-11-20-18(21)16-6-4-5-15(13-16)7-10-19(2,3)22/h4-6,9,12-13,22H,8,11H2,1-3H3,(H,20,21). The number of nitrogens with one attached hydrogen (secondary N) is 1. The monoisotopic (exact) mass is 327 g/mol. The Bertz CT molecular complexity index is 744. The van der Waals surface area contributed by atoms with Gasteiger partial charge < -0.3 is 10.4 Å². The summed E-state index contributed by atoms with van der Waals surface area (Å²) in [6.07, 6.45) is 0.841. The van der Waals surface area contributed by atoms with Gasteiger partial charge >= 0.3 is 0 Å². The predicted molar refractivity (Wildman–Crippen MR) is 94.7 cm³/mol. The number of aliphatic hydroxyl groups is 1. The average Bonchev–Trinajstić information content (AvgIpc) is 2.90. The summed E-state index contributed by atoms with van der Waals surface area (Å²) in [6, 6.07) is 9.22. The maximum atomic E-state index is 12.2. The summed E-state index contributed by atoms with van der Waals surface area (Å²) in [6.45, 7) is 5.95. The first-order valence-electron chi connectivity index (χ1n) is 7.52. The van der Waals surface area contributed by atoms with Crippen molar-refractivity contribution in [1.29, 1.82) is 0 Å². The van der Waals surface area contributed by atoms with Crippen molar-refractivity contribution in [3.8, 4) is 11.8 Å². The quantitative estimate of drug-likeness (QED) is 0.848. The number of benzene rings is 1. The lowest BCUT2D eigenvalue weighted by Gasteiger charge is -2.07. The fourth-order valence-electron chi connectivity index (χ4n) is 2.02. The second kappa shape index (κ2) is 7.45. The predicted octanol–water partition coefficient (Wildman–Crippen LogP) is 3.15. The van der Waals surface area contributed by atoms with Crippen molar-refractivity contribution in [2.24, 2.45) is 0 Å². The van der Waals surface area contributed by atoms with Crippen LogP contribution >= 0.6 is 11.3 Å². The molecule has 0 bridgehead atoms. The lowest BCUT2D eigenvalue weighted by Crippen LogP contribution is -2.25. The van der Waals surface area contributed by atoms with E-state index in [2.05, 4.69) is 35.5 Å². The first-order valence-corrected chi connectivity index (χ1v) is 8.40. The molecule has 0 aliphatic heterocycles.